The molecule has 0 saturated carbocycles. The van der Waals surface area contributed by atoms with Crippen LogP contribution in [0.1, 0.15) is 86.8 Å². The van der Waals surface area contributed by atoms with Crippen LogP contribution in [0.3, 0.4) is 0 Å². The van der Waals surface area contributed by atoms with Crippen LogP contribution in [0.15, 0.2) is 6.20 Å². The highest BCUT2D eigenvalue weighted by Crippen LogP contribution is 2.34. The predicted molar refractivity (Wildman–Crippen MR) is 303 cm³/mol. The highest BCUT2D eigenvalue weighted by molar-refractivity contribution is 7.91. The average molecular weight is 1290 g/mol. The summed E-state index contributed by atoms with van der Waals surface area (Å²) in [6.07, 6.45) is 2.02. The Bertz CT molecular complexity index is 2640. The van der Waals surface area contributed by atoms with Crippen LogP contribution in [-0.4, -0.2) is 236 Å². The highest BCUT2D eigenvalue weighted by atomic mass is 32.2. The third kappa shape index (κ3) is 40.0. The van der Waals surface area contributed by atoms with Crippen molar-refractivity contribution in [2.45, 2.75) is 136 Å². The van der Waals surface area contributed by atoms with E-state index in [1.165, 1.54) is 13.8 Å². The van der Waals surface area contributed by atoms with E-state index in [-0.39, 0.29) is 50.4 Å². The maximum Gasteiger partial charge on any atom is 0.280 e. The van der Waals surface area contributed by atoms with Crippen molar-refractivity contribution in [1.82, 2.24) is 41.6 Å². The van der Waals surface area contributed by atoms with Gasteiger partial charge in [-0.15, -0.1) is 5.10 Å². The van der Waals surface area contributed by atoms with Gasteiger partial charge in [-0.25, -0.2) is 16.8 Å². The topological polar surface area (TPSA) is 512 Å². The summed E-state index contributed by atoms with van der Waals surface area (Å²) in [6, 6.07) is -1.13. The van der Waals surface area contributed by atoms with Crippen LogP contribution >= 0.6 is 7.37 Å². The van der Waals surface area contributed by atoms with E-state index in [4.69, 9.17) is 14.2 Å². The van der Waals surface area contributed by atoms with E-state index in [1.807, 2.05) is 17.8 Å². The molecule has 84 heavy (non-hydrogen) atoms. The molecule has 1 aliphatic heterocycles. The lowest BCUT2D eigenvalue weighted by Crippen LogP contribution is -2.68. The molecule has 0 aliphatic carbocycles. The number of aryl methyl sites for hydroxylation is 1. The maximum absolute atomic E-state index is 12.3. The number of carbonyl (C=O) groups is 10. The lowest BCUT2D eigenvalue weighted by Gasteiger charge is -2.45. The molecule has 1 aromatic rings. The lowest BCUT2D eigenvalue weighted by atomic mass is 9.88. The van der Waals surface area contributed by atoms with Crippen molar-refractivity contribution in [2.75, 3.05) is 63.0 Å². The zero-order chi connectivity index (χ0) is 66.0. The first-order chi connectivity index (χ1) is 38.5. The quantitative estimate of drug-likeness (QED) is 0.0191. The number of ether oxygens (including phenoxy) is 1. The second-order valence-electron chi connectivity index (χ2n) is 20.3. The molecule has 0 aromatic carbocycles. The van der Waals surface area contributed by atoms with E-state index in [2.05, 4.69) is 43.8 Å². The molecule has 1 saturated heterocycles. The largest absolute Gasteiger partial charge is 0.391 e. The molecule has 0 radical (unpaired) electrons. The van der Waals surface area contributed by atoms with Gasteiger partial charge in [0.1, 0.15) is 65.4 Å². The molecular formula is C48H87N8O24PS3. The molecule has 11 N–H and O–H groups in total. The number of nitrogens with one attached hydrogen (secondary N) is 5. The standard InChI is InChI=1S/C16H28N2O8.C9H15N3O.C9H17NO7S2.C7H14NO4P.C7H13NO4S/c1-4-10(21)13(23)14-12(18-9(3)20)11(22)5-16(25,26-14)15(24)17-6-8(2)7-19;1-3-4-12-6-9(10-11-12)5-8(2)7-13;1-7(6-11)5-10-9(12)8(19(15,16)17)3-4-18(2,13)14;2*1-6(4-9)3-8-7(10)5-13(2,11)12/h7-8,10-14,21-23,25H,4-6H2,1-3H3,(H,17,24)(H,18,20);6-8H,3-5H2,1-2H3;6-8H,3-5H2,1-2H3,(H,10,12)(H,15,16,17);4,6H,3,5H2,1-2H3,(H,8,10)(H,11,12);4,6H,3,5H2,1-2H3,(H,8,10). The van der Waals surface area contributed by atoms with Crippen molar-refractivity contribution in [3.63, 3.8) is 0 Å². The zero-order valence-electron chi connectivity index (χ0n) is 49.1. The molecule has 2 heterocycles. The van der Waals surface area contributed by atoms with Gasteiger partial charge in [0, 0.05) is 107 Å². The summed E-state index contributed by atoms with van der Waals surface area (Å²) in [5.74, 6) is -8.70. The summed E-state index contributed by atoms with van der Waals surface area (Å²) in [5, 5.41) is 58.7. The van der Waals surface area contributed by atoms with Crippen LogP contribution in [0, 0.1) is 29.6 Å². The van der Waals surface area contributed by atoms with E-state index < -0.39 is 151 Å². The summed E-state index contributed by atoms with van der Waals surface area (Å²) < 4.78 is 92.0. The minimum Gasteiger partial charge on any atom is -0.391 e. The summed E-state index contributed by atoms with van der Waals surface area (Å²) in [4.78, 5) is 117. The Balaban J connectivity index is -0.00000101. The molecule has 13 unspecified atom stereocenters. The maximum atomic E-state index is 12.3. The molecule has 1 aliphatic rings. The van der Waals surface area contributed by atoms with Crippen LogP contribution < -0.4 is 26.6 Å². The number of aldehydes is 5. The number of amides is 5. The van der Waals surface area contributed by atoms with Crippen LogP contribution in [0.2, 0.25) is 0 Å². The first-order valence-corrected chi connectivity index (χ1v) is 34.0. The van der Waals surface area contributed by atoms with Gasteiger partial charge in [0.15, 0.2) is 15.1 Å². The van der Waals surface area contributed by atoms with E-state index in [0.717, 1.165) is 44.1 Å². The fourth-order valence-corrected chi connectivity index (χ4v) is 9.09. The normalized spacial score (nSPS) is 20.2. The van der Waals surface area contributed by atoms with Crippen LogP contribution in [-0.2, 0) is 100 Å². The van der Waals surface area contributed by atoms with Crippen molar-refractivity contribution in [1.29, 1.82) is 0 Å². The molecule has 36 heteroatoms. The summed E-state index contributed by atoms with van der Waals surface area (Å²) in [5.41, 5.74) is 0.896. The number of nitrogens with zero attached hydrogens (tertiary/aromatic N) is 3. The molecular weight excluding hydrogens is 1200 g/mol. The third-order valence-electron chi connectivity index (χ3n) is 10.8. The molecule has 32 nitrogen and oxygen atoms in total. The first kappa shape index (κ1) is 82.9. The number of hydrogen-bond acceptors (Lipinski definition) is 24. The Morgan fingerprint density at radius 3 is 1.65 bits per heavy atom. The Hall–Kier alpha value is -5.36. The van der Waals surface area contributed by atoms with Gasteiger partial charge < -0.3 is 80.6 Å². The second kappa shape index (κ2) is 40.9. The third-order valence-corrected chi connectivity index (χ3v) is 14.7. The molecule has 1 aromatic heterocycles. The Kier molecular flexibility index (Phi) is 40.3. The Labute approximate surface area is 490 Å². The number of hydrogen-bond donors (Lipinski definition) is 11. The number of aromatic nitrogens is 3. The van der Waals surface area contributed by atoms with Gasteiger partial charge in [0.05, 0.1) is 29.7 Å². The van der Waals surface area contributed by atoms with Crippen molar-refractivity contribution in [3.05, 3.63) is 11.9 Å². The van der Waals surface area contributed by atoms with E-state index >= 15 is 0 Å². The molecule has 13 atom stereocenters. The van der Waals surface area contributed by atoms with Gasteiger partial charge in [-0.2, -0.15) is 8.42 Å². The van der Waals surface area contributed by atoms with Crippen LogP contribution in [0.5, 0.6) is 0 Å². The van der Waals surface area contributed by atoms with Crippen LogP contribution in [0.25, 0.3) is 0 Å². The van der Waals surface area contributed by atoms with Crippen molar-refractivity contribution in [3.8, 4) is 0 Å². The van der Waals surface area contributed by atoms with Crippen LogP contribution in [0.4, 0.5) is 0 Å². The molecule has 1 fully saturated rings. The van der Waals surface area contributed by atoms with Gasteiger partial charge in [-0.3, -0.25) is 37.8 Å². The highest BCUT2D eigenvalue weighted by Gasteiger charge is 2.53. The minimum absolute atomic E-state index is 0.0341. The van der Waals surface area contributed by atoms with Gasteiger partial charge in [0.2, 0.25) is 36.8 Å². The molecule has 2 rings (SSSR count). The number of rotatable bonds is 31. The monoisotopic (exact) mass is 1290 g/mol. The van der Waals surface area contributed by atoms with E-state index in [1.54, 1.807) is 27.7 Å². The van der Waals surface area contributed by atoms with Gasteiger partial charge in [-0.1, -0.05) is 53.7 Å². The fraction of sp³-hybridized carbons (Fsp3) is 0.750. The first-order valence-electron chi connectivity index (χ1n) is 26.1. The van der Waals surface area contributed by atoms with Crippen molar-refractivity contribution >= 4 is 98.1 Å². The SMILES string of the molecule is CC(C=O)CNC(=O)C(CCS(C)(=O)=O)S(=O)(=O)O.CC(C=O)CNC(=O)CP(C)(=O)O.CC(C=O)CNC(=O)CS(C)(=O)=O.CCC(O)C(O)C1OC(O)(C(=O)NCC(C)C=O)CC(O)C1NC(C)=O.CCCn1cc(CC(C)C=O)nn1. The number of sulfone groups is 2. The Morgan fingerprint density at radius 1 is 0.786 bits per heavy atom. The molecule has 0 spiro atoms. The minimum atomic E-state index is -4.71. The number of carbonyl (C=O) groups excluding carboxylic acids is 10. The number of aliphatic hydroxyl groups excluding tert-OH is 3. The lowest BCUT2D eigenvalue weighted by molar-refractivity contribution is -0.286. The smallest absolute Gasteiger partial charge is 0.280 e. The molecule has 5 amide bonds. The molecule has 486 valence electrons. The number of aliphatic hydroxyl groups is 4. The predicted octanol–water partition coefficient (Wildman–Crippen LogP) is -4.07. The summed E-state index contributed by atoms with van der Waals surface area (Å²) in [7, 11) is -14.7. The summed E-state index contributed by atoms with van der Waals surface area (Å²) in [6.45, 7) is 15.4. The van der Waals surface area contributed by atoms with Gasteiger partial charge in [-0.05, 0) is 19.3 Å². The van der Waals surface area contributed by atoms with Gasteiger partial charge in [0.25, 0.3) is 16.0 Å². The van der Waals surface area contributed by atoms with E-state index in [9.17, 15) is 98.2 Å². The van der Waals surface area contributed by atoms with Crippen molar-refractivity contribution in [2.24, 2.45) is 29.6 Å². The molecule has 0 bridgehead atoms. The fourth-order valence-electron chi connectivity index (χ4n) is 6.28. The second-order valence-corrected chi connectivity index (χ2v) is 28.8. The van der Waals surface area contributed by atoms with Crippen molar-refractivity contribution < 1.29 is 112 Å². The average Bonchev–Trinajstić information content (AvgIpc) is 4.00. The zero-order valence-corrected chi connectivity index (χ0v) is 52.4. The summed E-state index contributed by atoms with van der Waals surface area (Å²) >= 11 is 0. The van der Waals surface area contributed by atoms with Gasteiger partial charge >= 0.3 is 0 Å². The Morgan fingerprint density at radius 2 is 1.25 bits per heavy atom. The van der Waals surface area contributed by atoms with E-state index in [0.29, 0.717) is 31.6 Å².